The number of nitrogens with zero attached hydrogens (tertiary/aromatic N) is 2. The van der Waals surface area contributed by atoms with E-state index in [2.05, 4.69) is 15.3 Å². The van der Waals surface area contributed by atoms with Crippen LogP contribution in [-0.2, 0) is 0 Å². The number of H-pyrrole nitrogens is 1. The monoisotopic (exact) mass is 251 g/mol. The molecule has 17 heavy (non-hydrogen) atoms. The predicted molar refractivity (Wildman–Crippen MR) is 65.3 cm³/mol. The predicted octanol–water partition coefficient (Wildman–Crippen LogP) is 1.57. The first-order valence-electron chi connectivity index (χ1n) is 4.70. The fourth-order valence-corrected chi connectivity index (χ4v) is 1.38. The third-order valence-corrected chi connectivity index (χ3v) is 2.23. The third kappa shape index (κ3) is 2.67. The van der Waals surface area contributed by atoms with Crippen molar-refractivity contribution in [3.63, 3.8) is 0 Å². The summed E-state index contributed by atoms with van der Waals surface area (Å²) in [7, 11) is 0. The Hall–Kier alpha value is -2.21. The van der Waals surface area contributed by atoms with E-state index < -0.39 is 4.90 Å². The molecule has 0 aliphatic rings. The summed E-state index contributed by atoms with van der Waals surface area (Å²) in [6.45, 7) is 0. The van der Waals surface area contributed by atoms with E-state index in [1.807, 2.05) is 0 Å². The van der Waals surface area contributed by atoms with Crippen molar-refractivity contribution in [3.05, 3.63) is 57.6 Å². The van der Waals surface area contributed by atoms with Gasteiger partial charge in [-0.1, -0.05) is 11.6 Å². The van der Waals surface area contributed by atoms with Crippen LogP contribution in [0.4, 0.5) is 11.5 Å². The highest BCUT2D eigenvalue weighted by Gasteiger charge is 2.02. The van der Waals surface area contributed by atoms with Crippen molar-refractivity contribution < 1.29 is 0 Å². The zero-order valence-corrected chi connectivity index (χ0v) is 9.31. The lowest BCUT2D eigenvalue weighted by molar-refractivity contribution is 0.911. The summed E-state index contributed by atoms with van der Waals surface area (Å²) in [5.74, 6) is 0.483. The Labute approximate surface area is 101 Å². The molecule has 7 heteroatoms. The number of hydrogen-bond donors (Lipinski definition) is 2. The summed E-state index contributed by atoms with van der Waals surface area (Å²) >= 11 is 5.69. The van der Waals surface area contributed by atoms with Gasteiger partial charge in [-0.3, -0.25) is 4.90 Å². The number of hydrogen-bond acceptors (Lipinski definition) is 4. The van der Waals surface area contributed by atoms with Gasteiger partial charge in [0.2, 0.25) is 0 Å². The normalized spacial score (nSPS) is 9.94. The number of rotatable bonds is 2. The summed E-state index contributed by atoms with van der Waals surface area (Å²) in [5.41, 5.74) is 0.219. The average molecular weight is 252 g/mol. The van der Waals surface area contributed by atoms with Crippen LogP contribution in [0, 0.1) is 10.4 Å². The number of halogens is 1. The van der Waals surface area contributed by atoms with E-state index in [0.29, 0.717) is 16.5 Å². The first-order valence-corrected chi connectivity index (χ1v) is 5.08. The molecule has 0 amide bonds. The van der Waals surface area contributed by atoms with Gasteiger partial charge in [0.1, 0.15) is 11.5 Å². The SMILES string of the molecule is [O-][N+]([O-])=c1[nH]cccc1Nc1ccc(Cl)cn1. The fraction of sp³-hybridized carbons (Fsp3) is 0. The zero-order chi connectivity index (χ0) is 12.3. The van der Waals surface area contributed by atoms with Crippen molar-refractivity contribution in [1.29, 1.82) is 0 Å². The number of nitrogens with one attached hydrogen (secondary N) is 2. The van der Waals surface area contributed by atoms with Crippen molar-refractivity contribution in [2.24, 2.45) is 0 Å². The summed E-state index contributed by atoms with van der Waals surface area (Å²) < 4.78 is 0. The molecule has 2 aromatic heterocycles. The van der Waals surface area contributed by atoms with Gasteiger partial charge >= 0.3 is 5.49 Å². The lowest BCUT2D eigenvalue weighted by atomic mass is 10.4. The van der Waals surface area contributed by atoms with Crippen LogP contribution in [0.5, 0.6) is 0 Å². The molecule has 0 radical (unpaired) electrons. The standard InChI is InChI=1S/C10H8ClN4O2/c11-7-3-4-9(13-6-7)14-8-2-1-5-12-10(8)15(16)17/h1-6,12H,(H-,13,14,16,17)/q-1. The topological polar surface area (TPSA) is 89.8 Å². The van der Waals surface area contributed by atoms with E-state index in [-0.39, 0.29) is 5.49 Å². The second-order valence-electron chi connectivity index (χ2n) is 3.18. The lowest BCUT2D eigenvalue weighted by Gasteiger charge is -2.12. The molecule has 0 fully saturated rings. The van der Waals surface area contributed by atoms with Gasteiger partial charge in [0.15, 0.2) is 0 Å². The highest BCUT2D eigenvalue weighted by molar-refractivity contribution is 6.30. The molecule has 2 rings (SSSR count). The van der Waals surface area contributed by atoms with Crippen molar-refractivity contribution in [1.82, 2.24) is 14.9 Å². The largest absolute Gasteiger partial charge is 0.712 e. The number of aromatic nitrogens is 2. The Bertz CT molecular complexity index is 575. The number of pyridine rings is 2. The summed E-state index contributed by atoms with van der Waals surface area (Å²) in [5, 5.41) is 24.9. The summed E-state index contributed by atoms with van der Waals surface area (Å²) in [6.07, 6.45) is 2.95. The summed E-state index contributed by atoms with van der Waals surface area (Å²) in [6, 6.07) is 6.53. The van der Waals surface area contributed by atoms with E-state index >= 15 is 0 Å². The van der Waals surface area contributed by atoms with Gasteiger partial charge in [-0.2, -0.15) is 0 Å². The van der Waals surface area contributed by atoms with E-state index in [1.54, 1.807) is 24.3 Å². The first-order chi connectivity index (χ1) is 8.16. The van der Waals surface area contributed by atoms with Crippen molar-refractivity contribution in [2.75, 3.05) is 5.32 Å². The van der Waals surface area contributed by atoms with Gasteiger partial charge in [-0.05, 0) is 24.3 Å². The van der Waals surface area contributed by atoms with Crippen molar-refractivity contribution in [3.8, 4) is 0 Å². The molecule has 0 aromatic carbocycles. The van der Waals surface area contributed by atoms with Gasteiger partial charge in [-0.25, -0.2) is 9.97 Å². The maximum Gasteiger partial charge on any atom is 0.304 e. The van der Waals surface area contributed by atoms with Crippen LogP contribution in [0.15, 0.2) is 36.7 Å². The Balaban J connectivity index is 2.37. The van der Waals surface area contributed by atoms with E-state index in [4.69, 9.17) is 11.6 Å². The fourth-order valence-electron chi connectivity index (χ4n) is 1.27. The number of aromatic amines is 1. The molecule has 0 aliphatic heterocycles. The molecular weight excluding hydrogens is 244 g/mol. The van der Waals surface area contributed by atoms with Crippen LogP contribution in [0.1, 0.15) is 0 Å². The van der Waals surface area contributed by atoms with Crippen LogP contribution in [0.2, 0.25) is 5.02 Å². The quantitative estimate of drug-likeness (QED) is 0.793. The van der Waals surface area contributed by atoms with Crippen LogP contribution in [-0.4, -0.2) is 9.97 Å². The highest BCUT2D eigenvalue weighted by atomic mass is 35.5. The second-order valence-corrected chi connectivity index (χ2v) is 3.61. The Morgan fingerprint density at radius 2 is 2.12 bits per heavy atom. The maximum atomic E-state index is 10.8. The Morgan fingerprint density at radius 1 is 1.29 bits per heavy atom. The van der Waals surface area contributed by atoms with Crippen LogP contribution >= 0.6 is 11.6 Å². The van der Waals surface area contributed by atoms with Gasteiger partial charge in [0.25, 0.3) is 0 Å². The molecular formula is C10H8ClN4O2-. The lowest BCUT2D eigenvalue weighted by Crippen LogP contribution is -2.24. The maximum absolute atomic E-state index is 10.8. The second kappa shape index (κ2) is 4.75. The molecule has 0 unspecified atom stereocenters. The van der Waals surface area contributed by atoms with Crippen LogP contribution < -0.4 is 15.7 Å². The molecule has 2 aromatic rings. The van der Waals surface area contributed by atoms with E-state index in [9.17, 15) is 10.4 Å². The molecule has 88 valence electrons. The van der Waals surface area contributed by atoms with E-state index in [0.717, 1.165) is 0 Å². The average Bonchev–Trinajstić information content (AvgIpc) is 2.32. The Morgan fingerprint density at radius 3 is 2.76 bits per heavy atom. The van der Waals surface area contributed by atoms with Crippen molar-refractivity contribution in [2.45, 2.75) is 0 Å². The zero-order valence-electron chi connectivity index (χ0n) is 8.55. The van der Waals surface area contributed by atoms with Gasteiger partial charge in [0, 0.05) is 6.20 Å². The van der Waals surface area contributed by atoms with Crippen LogP contribution in [0.3, 0.4) is 0 Å². The molecule has 0 bridgehead atoms. The Kier molecular flexibility index (Phi) is 3.15. The third-order valence-electron chi connectivity index (χ3n) is 2.01. The minimum Gasteiger partial charge on any atom is -0.712 e. The minimum absolute atomic E-state index is 0.121. The van der Waals surface area contributed by atoms with Gasteiger partial charge < -0.3 is 15.7 Å². The smallest absolute Gasteiger partial charge is 0.304 e. The van der Waals surface area contributed by atoms with Gasteiger partial charge in [0.05, 0.1) is 11.2 Å². The molecule has 2 heterocycles. The molecule has 0 spiro atoms. The highest BCUT2D eigenvalue weighted by Crippen LogP contribution is 2.12. The van der Waals surface area contributed by atoms with Crippen LogP contribution in [0.25, 0.3) is 0 Å². The van der Waals surface area contributed by atoms with Gasteiger partial charge in [-0.15, -0.1) is 0 Å². The first kappa shape index (κ1) is 11.3. The molecule has 0 aliphatic carbocycles. The van der Waals surface area contributed by atoms with E-state index in [1.165, 1.54) is 12.4 Å². The molecule has 0 atom stereocenters. The van der Waals surface area contributed by atoms with Crippen molar-refractivity contribution >= 4 is 23.1 Å². The molecule has 0 saturated heterocycles. The molecule has 0 saturated carbocycles. The minimum atomic E-state index is -0.502. The summed E-state index contributed by atoms with van der Waals surface area (Å²) in [4.78, 5) is 6.05. The number of anilines is 2. The molecule has 2 N–H and O–H groups in total. The molecule has 6 nitrogen and oxygen atoms in total.